The van der Waals surface area contributed by atoms with Crippen LogP contribution in [0.1, 0.15) is 54.4 Å². The van der Waals surface area contributed by atoms with Crippen molar-refractivity contribution >= 4 is 7.41 Å². The van der Waals surface area contributed by atoms with Gasteiger partial charge in [0.25, 0.3) is 7.41 Å². The summed E-state index contributed by atoms with van der Waals surface area (Å²) in [7, 11) is 1.61. The third-order valence-corrected chi connectivity index (χ3v) is 4.43. The van der Waals surface area contributed by atoms with E-state index in [1.165, 1.54) is 10.6 Å². The molecule has 6 nitrogen and oxygen atoms in total. The van der Waals surface area contributed by atoms with Crippen molar-refractivity contribution in [1.29, 1.82) is 0 Å². The summed E-state index contributed by atoms with van der Waals surface area (Å²) >= 11 is 0. The van der Waals surface area contributed by atoms with Gasteiger partial charge >= 0.3 is 17.1 Å². The molecule has 0 N–H and O–H groups in total. The van der Waals surface area contributed by atoms with Gasteiger partial charge in [-0.25, -0.2) is 23.5 Å². The van der Waals surface area contributed by atoms with E-state index in [2.05, 4.69) is 6.58 Å². The third-order valence-electron chi connectivity index (χ3n) is 4.43. The molecule has 0 spiro atoms. The molecule has 0 amide bonds. The highest BCUT2D eigenvalue weighted by atomic mass is 16.2. The van der Waals surface area contributed by atoms with Crippen LogP contribution in [0.15, 0.2) is 27.0 Å². The molecular formula is C16H27BN3O3. The Morgan fingerprint density at radius 3 is 2.00 bits per heavy atom. The van der Waals surface area contributed by atoms with Crippen molar-refractivity contribution in [2.24, 2.45) is 0 Å². The Bertz CT molecular complexity index is 753. The maximum Gasteiger partial charge on any atom is 0.337 e. The maximum absolute atomic E-state index is 12.8. The minimum Gasteiger partial charge on any atom is -0.297 e. The van der Waals surface area contributed by atoms with E-state index >= 15 is 0 Å². The molecule has 0 aromatic carbocycles. The van der Waals surface area contributed by atoms with E-state index in [0.717, 1.165) is 15.5 Å². The minimum atomic E-state index is -0.684. The van der Waals surface area contributed by atoms with E-state index in [1.54, 1.807) is 7.41 Å². The average molecular weight is 320 g/mol. The predicted octanol–water partition coefficient (Wildman–Crippen LogP) is 1.58. The lowest BCUT2D eigenvalue weighted by atomic mass is 9.61. The molecule has 0 saturated heterocycles. The second-order valence-corrected chi connectivity index (χ2v) is 7.09. The number of hydrogen-bond donors (Lipinski definition) is 0. The molecule has 0 saturated carbocycles. The second-order valence-electron chi connectivity index (χ2n) is 7.09. The predicted molar refractivity (Wildman–Crippen MR) is 94.5 cm³/mol. The summed E-state index contributed by atoms with van der Waals surface area (Å²) in [5.74, 6) is 0. The van der Waals surface area contributed by atoms with Crippen LogP contribution in [0.2, 0.25) is 5.31 Å². The van der Waals surface area contributed by atoms with E-state index in [4.69, 9.17) is 0 Å². The molecule has 1 heterocycles. The molecule has 0 aliphatic carbocycles. The van der Waals surface area contributed by atoms with Gasteiger partial charge in [0.05, 0.1) is 0 Å². The van der Waals surface area contributed by atoms with Crippen molar-refractivity contribution in [2.75, 3.05) is 0 Å². The topological polar surface area (TPSA) is 66.0 Å². The molecule has 0 bridgehead atoms. The Morgan fingerprint density at radius 1 is 1.00 bits per heavy atom. The molecule has 0 fully saturated rings. The van der Waals surface area contributed by atoms with Crippen LogP contribution >= 0.6 is 0 Å². The zero-order valence-corrected chi connectivity index (χ0v) is 15.0. The number of aromatic nitrogens is 3. The zero-order chi connectivity index (χ0) is 18.0. The lowest BCUT2D eigenvalue weighted by molar-refractivity contribution is 0.296. The molecule has 0 atom stereocenters. The summed E-state index contributed by atoms with van der Waals surface area (Å²) in [6, 6.07) is 0. The summed E-state index contributed by atoms with van der Waals surface area (Å²) in [4.78, 5) is 38.1. The standard InChI is InChI=1S/C16H27BN3O3/c1-8-11-18-12(21)19(16(6,7)10-3)14(23)20(13(18)22)17-15(4,5)9-2/h8H,1,9-11H2,2-7H3. The molecule has 0 unspecified atom stereocenters. The highest BCUT2D eigenvalue weighted by Gasteiger charge is 2.29. The lowest BCUT2D eigenvalue weighted by Crippen LogP contribution is -2.60. The number of allylic oxidation sites excluding steroid dienone is 1. The highest BCUT2D eigenvalue weighted by Crippen LogP contribution is 2.26. The molecule has 0 aliphatic heterocycles. The van der Waals surface area contributed by atoms with Crippen LogP contribution in [-0.2, 0) is 12.1 Å². The van der Waals surface area contributed by atoms with Gasteiger partial charge < -0.3 is 0 Å². The molecule has 127 valence electrons. The van der Waals surface area contributed by atoms with Crippen LogP contribution in [0, 0.1) is 0 Å². The lowest BCUT2D eigenvalue weighted by Gasteiger charge is -2.28. The minimum absolute atomic E-state index is 0.0676. The number of rotatable bonds is 7. The Balaban J connectivity index is 3.85. The van der Waals surface area contributed by atoms with Gasteiger partial charge in [-0.2, -0.15) is 0 Å². The van der Waals surface area contributed by atoms with E-state index in [1.807, 2.05) is 41.5 Å². The molecule has 1 radical (unpaired) electrons. The summed E-state index contributed by atoms with van der Waals surface area (Å²) in [6.45, 7) is 15.0. The van der Waals surface area contributed by atoms with Crippen LogP contribution in [0.25, 0.3) is 0 Å². The van der Waals surface area contributed by atoms with Gasteiger partial charge in [0.15, 0.2) is 0 Å². The van der Waals surface area contributed by atoms with E-state index in [9.17, 15) is 14.4 Å². The fraction of sp³-hybridized carbons (Fsp3) is 0.688. The molecule has 0 aliphatic rings. The monoisotopic (exact) mass is 320 g/mol. The van der Waals surface area contributed by atoms with Gasteiger partial charge in [0, 0.05) is 12.1 Å². The molecule has 23 heavy (non-hydrogen) atoms. The first-order chi connectivity index (χ1) is 10.5. The summed E-state index contributed by atoms with van der Waals surface area (Å²) in [5.41, 5.74) is -2.49. The van der Waals surface area contributed by atoms with Crippen LogP contribution < -0.4 is 17.1 Å². The zero-order valence-electron chi connectivity index (χ0n) is 15.0. The number of hydrogen-bond acceptors (Lipinski definition) is 3. The largest absolute Gasteiger partial charge is 0.337 e. The quantitative estimate of drug-likeness (QED) is 0.566. The summed E-state index contributed by atoms with van der Waals surface area (Å²) in [6.07, 6.45) is 2.83. The van der Waals surface area contributed by atoms with Crippen LogP contribution in [-0.4, -0.2) is 21.0 Å². The van der Waals surface area contributed by atoms with Crippen molar-refractivity contribution in [3.63, 3.8) is 0 Å². The first-order valence-electron chi connectivity index (χ1n) is 7.98. The average Bonchev–Trinajstić information content (AvgIpc) is 2.48. The second kappa shape index (κ2) is 6.77. The Labute approximate surface area is 137 Å². The van der Waals surface area contributed by atoms with Crippen LogP contribution in [0.3, 0.4) is 0 Å². The highest BCUT2D eigenvalue weighted by molar-refractivity contribution is 6.37. The van der Waals surface area contributed by atoms with Gasteiger partial charge in [0.2, 0.25) is 0 Å². The van der Waals surface area contributed by atoms with E-state index in [0.29, 0.717) is 6.42 Å². The van der Waals surface area contributed by atoms with Gasteiger partial charge in [0.1, 0.15) is 0 Å². The van der Waals surface area contributed by atoms with Gasteiger partial charge in [-0.3, -0.25) is 4.48 Å². The van der Waals surface area contributed by atoms with Crippen molar-refractivity contribution in [3.05, 3.63) is 44.1 Å². The smallest absolute Gasteiger partial charge is 0.297 e. The maximum atomic E-state index is 12.8. The SMILES string of the molecule is C=CCn1c(=O)n([B]C(C)(C)CC)c(=O)n(C(C)(C)CC)c1=O. The van der Waals surface area contributed by atoms with Crippen molar-refractivity contribution < 1.29 is 0 Å². The Kier molecular flexibility index (Phi) is 5.67. The van der Waals surface area contributed by atoms with Gasteiger partial charge in [-0.15, -0.1) is 6.58 Å². The first-order valence-corrected chi connectivity index (χ1v) is 7.98. The van der Waals surface area contributed by atoms with Gasteiger partial charge in [-0.05, 0) is 25.6 Å². The molecule has 1 aromatic rings. The Hall–Kier alpha value is -1.79. The van der Waals surface area contributed by atoms with Crippen molar-refractivity contribution in [1.82, 2.24) is 13.6 Å². The summed E-state index contributed by atoms with van der Waals surface area (Å²) in [5, 5.41) is -0.340. The van der Waals surface area contributed by atoms with Crippen LogP contribution in [0.5, 0.6) is 0 Å². The Morgan fingerprint density at radius 2 is 1.57 bits per heavy atom. The molecule has 1 rings (SSSR count). The third kappa shape index (κ3) is 3.76. The fourth-order valence-corrected chi connectivity index (χ4v) is 2.12. The summed E-state index contributed by atoms with van der Waals surface area (Å²) < 4.78 is 3.28. The first kappa shape index (κ1) is 19.3. The molecule has 7 heteroatoms. The fourth-order valence-electron chi connectivity index (χ4n) is 2.12. The molecular weight excluding hydrogens is 293 g/mol. The van der Waals surface area contributed by atoms with Crippen LogP contribution in [0.4, 0.5) is 0 Å². The molecule has 1 aromatic heterocycles. The van der Waals surface area contributed by atoms with Crippen molar-refractivity contribution in [2.45, 2.75) is 71.8 Å². The van der Waals surface area contributed by atoms with E-state index in [-0.39, 0.29) is 11.9 Å². The van der Waals surface area contributed by atoms with Crippen molar-refractivity contribution in [3.8, 4) is 0 Å². The van der Waals surface area contributed by atoms with E-state index < -0.39 is 22.6 Å². The number of nitrogens with zero attached hydrogens (tertiary/aromatic N) is 3. The van der Waals surface area contributed by atoms with Gasteiger partial charge in [-0.1, -0.05) is 40.2 Å². The normalized spacial score (nSPS) is 12.3.